The van der Waals surface area contributed by atoms with Crippen molar-refractivity contribution >= 4 is 56.7 Å². The summed E-state index contributed by atoms with van der Waals surface area (Å²) in [5.74, 6) is 0.194. The number of phenolic OH excluding ortho intramolecular Hbond substituents is 1. The normalized spacial score (nSPS) is 10.8. The molecule has 0 aliphatic rings. The van der Waals surface area contributed by atoms with Gasteiger partial charge >= 0.3 is 29.6 Å². The van der Waals surface area contributed by atoms with Crippen LogP contribution in [-0.4, -0.2) is 57.7 Å². The third-order valence-corrected chi connectivity index (χ3v) is 9.25. The average Bonchev–Trinajstić information content (AvgIpc) is 3.30. The van der Waals surface area contributed by atoms with Crippen LogP contribution in [-0.2, 0) is 28.0 Å². The Labute approximate surface area is 263 Å². The van der Waals surface area contributed by atoms with Gasteiger partial charge in [-0.2, -0.15) is 8.42 Å². The Hall–Kier alpha value is -1.49. The molecular weight excluding hydrogens is 594 g/mol. The number of nitrogens with zero attached hydrogens (tertiary/aromatic N) is 2. The second-order valence-corrected chi connectivity index (χ2v) is 13.1. The van der Waals surface area contributed by atoms with Gasteiger partial charge in [-0.25, -0.2) is 0 Å². The summed E-state index contributed by atoms with van der Waals surface area (Å²) in [4.78, 5) is 23.8. The molecular formula is C24H30N3NaO7S4. The molecule has 208 valence electrons. The molecule has 15 heteroatoms. The summed E-state index contributed by atoms with van der Waals surface area (Å²) in [5, 5.41) is 21.5. The zero-order chi connectivity index (χ0) is 27.0. The quantitative estimate of drug-likeness (QED) is 0.107. The minimum atomic E-state index is -4.12. The summed E-state index contributed by atoms with van der Waals surface area (Å²) < 4.78 is 31.8. The standard InChI is InChI=1S/C24H27N3O6S4.Na.H2O.H/c1-3-4-20-18(9-10-19(15(2)28)21(20)29)14-35-24-27-26-23(36-24)34-13-16-5-7-17(8-6-16)22(30)25-11-12-37(31,32)33;;;/h5-10,29H,3-4,11-14H2,1-2H3,(H,25,30)(H,31,32,33);;1H2;/q;+1;;-1. The maximum absolute atomic E-state index is 12.1. The molecule has 1 amide bonds. The molecule has 0 saturated carbocycles. The molecule has 1 aromatic heterocycles. The van der Waals surface area contributed by atoms with E-state index in [0.717, 1.165) is 31.8 Å². The summed E-state index contributed by atoms with van der Waals surface area (Å²) in [6.07, 6.45) is 1.54. The van der Waals surface area contributed by atoms with Gasteiger partial charge in [-0.15, -0.1) is 10.2 Å². The smallest absolute Gasteiger partial charge is 1.00 e. The van der Waals surface area contributed by atoms with E-state index < -0.39 is 21.8 Å². The first-order chi connectivity index (χ1) is 17.6. The summed E-state index contributed by atoms with van der Waals surface area (Å²) >= 11 is 4.53. The van der Waals surface area contributed by atoms with Crippen LogP contribution in [0.2, 0.25) is 0 Å². The van der Waals surface area contributed by atoms with Gasteiger partial charge in [0, 0.05) is 23.6 Å². The van der Waals surface area contributed by atoms with Crippen LogP contribution < -0.4 is 34.9 Å². The Bertz CT molecular complexity index is 1370. The number of amides is 1. The van der Waals surface area contributed by atoms with Crippen LogP contribution in [0.4, 0.5) is 0 Å². The number of hydrogen-bond acceptors (Lipinski definition) is 10. The van der Waals surface area contributed by atoms with Gasteiger partial charge in [-0.05, 0) is 48.2 Å². The van der Waals surface area contributed by atoms with E-state index in [0.29, 0.717) is 29.1 Å². The van der Waals surface area contributed by atoms with E-state index in [9.17, 15) is 23.1 Å². The van der Waals surface area contributed by atoms with Gasteiger partial charge < -0.3 is 17.3 Å². The van der Waals surface area contributed by atoms with Gasteiger partial charge in [-0.3, -0.25) is 14.1 Å². The van der Waals surface area contributed by atoms with Crippen molar-refractivity contribution in [2.45, 2.75) is 46.9 Å². The SMILES string of the molecule is CCCc1c(CSc2nnc(SCc3ccc(C(=O)NCCS(=O)(=O)O)cc3)s2)ccc(C(C)=O)c1O.O.[H-].[Na+]. The molecule has 0 unspecified atom stereocenters. The number of aromatic nitrogens is 2. The molecule has 5 N–H and O–H groups in total. The molecule has 0 aliphatic heterocycles. The number of aromatic hydroxyl groups is 1. The fraction of sp³-hybridized carbons (Fsp3) is 0.333. The van der Waals surface area contributed by atoms with Crippen LogP contribution in [0.15, 0.2) is 45.1 Å². The maximum Gasteiger partial charge on any atom is 1.00 e. The van der Waals surface area contributed by atoms with Crippen molar-refractivity contribution in [3.63, 3.8) is 0 Å². The fourth-order valence-electron chi connectivity index (χ4n) is 3.37. The Morgan fingerprint density at radius 3 is 2.23 bits per heavy atom. The Morgan fingerprint density at radius 1 is 1.05 bits per heavy atom. The molecule has 10 nitrogen and oxygen atoms in total. The first kappa shape index (κ1) is 35.5. The number of thioether (sulfide) groups is 2. The van der Waals surface area contributed by atoms with Crippen LogP contribution in [0.1, 0.15) is 59.1 Å². The largest absolute Gasteiger partial charge is 1.00 e. The second-order valence-electron chi connectivity index (χ2n) is 8.06. The van der Waals surface area contributed by atoms with Crippen LogP contribution in [0.5, 0.6) is 5.75 Å². The van der Waals surface area contributed by atoms with Crippen molar-refractivity contribution in [3.8, 4) is 5.75 Å². The van der Waals surface area contributed by atoms with Gasteiger partial charge in [0.1, 0.15) is 5.75 Å². The minimum Gasteiger partial charge on any atom is -1.00 e. The van der Waals surface area contributed by atoms with E-state index in [1.165, 1.54) is 41.8 Å². The number of carbonyl (C=O) groups is 2. The molecule has 0 atom stereocenters. The summed E-state index contributed by atoms with van der Waals surface area (Å²) in [6, 6.07) is 10.5. The van der Waals surface area contributed by atoms with Gasteiger partial charge in [0.25, 0.3) is 16.0 Å². The average molecular weight is 624 g/mol. The summed E-state index contributed by atoms with van der Waals surface area (Å²) in [7, 11) is -4.12. The van der Waals surface area contributed by atoms with E-state index in [1.807, 2.05) is 25.1 Å². The molecule has 2 aromatic carbocycles. The van der Waals surface area contributed by atoms with E-state index in [1.54, 1.807) is 18.2 Å². The van der Waals surface area contributed by atoms with Crippen molar-refractivity contribution in [2.24, 2.45) is 0 Å². The van der Waals surface area contributed by atoms with Crippen LogP contribution in [0.3, 0.4) is 0 Å². The monoisotopic (exact) mass is 623 g/mol. The number of phenols is 1. The fourth-order valence-corrected chi connectivity index (χ4v) is 6.73. The molecule has 0 bridgehead atoms. The van der Waals surface area contributed by atoms with Crippen molar-refractivity contribution in [3.05, 3.63) is 64.2 Å². The van der Waals surface area contributed by atoms with E-state index >= 15 is 0 Å². The molecule has 3 rings (SSSR count). The molecule has 39 heavy (non-hydrogen) atoms. The summed E-state index contributed by atoms with van der Waals surface area (Å²) in [5.41, 5.74) is 3.49. The number of Topliss-reactive ketones (excluding diaryl/α,β-unsaturated/α-hetero) is 1. The van der Waals surface area contributed by atoms with Crippen LogP contribution >= 0.6 is 34.9 Å². The topological polar surface area (TPSA) is 178 Å². The van der Waals surface area contributed by atoms with Crippen LogP contribution in [0, 0.1) is 0 Å². The number of hydrogen-bond donors (Lipinski definition) is 3. The number of nitrogens with one attached hydrogen (secondary N) is 1. The Morgan fingerprint density at radius 2 is 1.67 bits per heavy atom. The van der Waals surface area contributed by atoms with Crippen LogP contribution in [0.25, 0.3) is 0 Å². The number of rotatable bonds is 13. The number of carbonyl (C=O) groups excluding carboxylic acids is 2. The summed E-state index contributed by atoms with van der Waals surface area (Å²) in [6.45, 7) is 3.31. The van der Waals surface area contributed by atoms with Gasteiger partial charge in [-0.1, -0.05) is 66.4 Å². The van der Waals surface area contributed by atoms with Gasteiger partial charge in [0.15, 0.2) is 14.5 Å². The predicted molar refractivity (Wildman–Crippen MR) is 151 cm³/mol. The molecule has 3 aromatic rings. The zero-order valence-electron chi connectivity index (χ0n) is 22.8. The second kappa shape index (κ2) is 16.7. The molecule has 0 fully saturated rings. The molecule has 1 heterocycles. The van der Waals surface area contributed by atoms with Gasteiger partial charge in [0.05, 0.1) is 11.3 Å². The molecule has 0 saturated heterocycles. The Balaban J connectivity index is 0.00000507. The van der Waals surface area contributed by atoms with Crippen molar-refractivity contribution < 1.29 is 64.1 Å². The maximum atomic E-state index is 12.1. The first-order valence-corrected chi connectivity index (χ1v) is 15.7. The third kappa shape index (κ3) is 11.1. The van der Waals surface area contributed by atoms with Gasteiger partial charge in [0.2, 0.25) is 0 Å². The number of ketones is 1. The zero-order valence-corrected chi connectivity index (χ0v) is 27.0. The van der Waals surface area contributed by atoms with E-state index in [-0.39, 0.29) is 54.5 Å². The van der Waals surface area contributed by atoms with E-state index in [4.69, 9.17) is 4.55 Å². The van der Waals surface area contributed by atoms with E-state index in [2.05, 4.69) is 15.5 Å². The third-order valence-electron chi connectivity index (χ3n) is 5.22. The Kier molecular flexibility index (Phi) is 15.2. The number of benzene rings is 2. The first-order valence-electron chi connectivity index (χ1n) is 11.3. The molecule has 0 aliphatic carbocycles. The van der Waals surface area contributed by atoms with Crippen molar-refractivity contribution in [1.82, 2.24) is 15.5 Å². The minimum absolute atomic E-state index is 0. The predicted octanol–water partition coefficient (Wildman–Crippen LogP) is 0.893. The molecule has 0 spiro atoms. The van der Waals surface area contributed by atoms with Crippen molar-refractivity contribution in [1.29, 1.82) is 0 Å². The van der Waals surface area contributed by atoms with Crippen molar-refractivity contribution in [2.75, 3.05) is 12.3 Å². The molecule has 0 radical (unpaired) electrons.